The summed E-state index contributed by atoms with van der Waals surface area (Å²) >= 11 is 5.62. The van der Waals surface area contributed by atoms with Gasteiger partial charge in [0.1, 0.15) is 5.76 Å². The standard InChI is InChI=1S/C23H29N3O3S/c1-4-28-11-6-10-24-23(30)26(15-20-7-5-12-29-20)14-19-13-18-9-8-16(2)17(3)21(18)25-22(19)27/h5,7-9,12-13H,4,6,10-11,14-15H2,1-3H3,(H,24,30)(H,25,27). The molecule has 2 heterocycles. The summed E-state index contributed by atoms with van der Waals surface area (Å²) in [5.41, 5.74) is 3.70. The van der Waals surface area contributed by atoms with Crippen molar-refractivity contribution >= 4 is 28.2 Å². The van der Waals surface area contributed by atoms with Crippen molar-refractivity contribution in [2.24, 2.45) is 0 Å². The predicted octanol–water partition coefficient (Wildman–Crippen LogP) is 4.04. The molecule has 30 heavy (non-hydrogen) atoms. The molecule has 0 amide bonds. The summed E-state index contributed by atoms with van der Waals surface area (Å²) in [6.07, 6.45) is 2.50. The minimum atomic E-state index is -0.0974. The second-order valence-corrected chi connectivity index (χ2v) is 7.70. The van der Waals surface area contributed by atoms with Crippen molar-refractivity contribution in [2.45, 2.75) is 40.3 Å². The minimum absolute atomic E-state index is 0.0974. The number of fused-ring (bicyclic) bond motifs is 1. The Morgan fingerprint density at radius 1 is 1.27 bits per heavy atom. The summed E-state index contributed by atoms with van der Waals surface area (Å²) in [4.78, 5) is 17.8. The highest BCUT2D eigenvalue weighted by molar-refractivity contribution is 7.80. The summed E-state index contributed by atoms with van der Waals surface area (Å²) in [6, 6.07) is 9.82. The van der Waals surface area contributed by atoms with Crippen LogP contribution in [0, 0.1) is 13.8 Å². The van der Waals surface area contributed by atoms with Crippen molar-refractivity contribution in [1.29, 1.82) is 0 Å². The summed E-state index contributed by atoms with van der Waals surface area (Å²) < 4.78 is 10.9. The highest BCUT2D eigenvalue weighted by Gasteiger charge is 2.15. The van der Waals surface area contributed by atoms with Crippen molar-refractivity contribution in [1.82, 2.24) is 15.2 Å². The van der Waals surface area contributed by atoms with E-state index in [9.17, 15) is 4.79 Å². The molecular formula is C23H29N3O3S. The Kier molecular flexibility index (Phi) is 7.65. The highest BCUT2D eigenvalue weighted by atomic mass is 32.1. The van der Waals surface area contributed by atoms with E-state index in [4.69, 9.17) is 21.4 Å². The zero-order valence-electron chi connectivity index (χ0n) is 17.8. The van der Waals surface area contributed by atoms with Crippen LogP contribution in [0.15, 0.2) is 45.8 Å². The summed E-state index contributed by atoms with van der Waals surface area (Å²) in [5, 5.41) is 4.87. The lowest BCUT2D eigenvalue weighted by Gasteiger charge is -2.25. The zero-order chi connectivity index (χ0) is 21.5. The number of thiocarbonyl (C=S) groups is 1. The van der Waals surface area contributed by atoms with Crippen LogP contribution in [0.5, 0.6) is 0 Å². The van der Waals surface area contributed by atoms with Crippen LogP contribution < -0.4 is 10.9 Å². The summed E-state index contributed by atoms with van der Waals surface area (Å²) in [7, 11) is 0. The minimum Gasteiger partial charge on any atom is -0.467 e. The number of benzene rings is 1. The molecule has 0 aliphatic carbocycles. The molecule has 0 unspecified atom stereocenters. The fraction of sp³-hybridized carbons (Fsp3) is 0.391. The SMILES string of the molecule is CCOCCCNC(=S)N(Cc1ccco1)Cc1cc2ccc(C)c(C)c2[nH]c1=O. The molecule has 2 N–H and O–H groups in total. The Morgan fingerprint density at radius 2 is 2.10 bits per heavy atom. The van der Waals surface area contributed by atoms with Gasteiger partial charge in [0.05, 0.1) is 24.9 Å². The summed E-state index contributed by atoms with van der Waals surface area (Å²) in [6.45, 7) is 9.02. The van der Waals surface area contributed by atoms with Crippen LogP contribution >= 0.6 is 12.2 Å². The number of aromatic amines is 1. The van der Waals surface area contributed by atoms with E-state index < -0.39 is 0 Å². The van der Waals surface area contributed by atoms with E-state index in [0.29, 0.717) is 43.5 Å². The van der Waals surface area contributed by atoms with Crippen LogP contribution in [0.3, 0.4) is 0 Å². The first-order chi connectivity index (χ1) is 14.5. The lowest BCUT2D eigenvalue weighted by Crippen LogP contribution is -2.40. The van der Waals surface area contributed by atoms with E-state index in [2.05, 4.69) is 16.4 Å². The number of hydrogen-bond acceptors (Lipinski definition) is 4. The van der Waals surface area contributed by atoms with Crippen molar-refractivity contribution < 1.29 is 9.15 Å². The maximum atomic E-state index is 12.8. The monoisotopic (exact) mass is 427 g/mol. The second kappa shape index (κ2) is 10.4. The molecule has 0 saturated heterocycles. The largest absolute Gasteiger partial charge is 0.467 e. The fourth-order valence-corrected chi connectivity index (χ4v) is 3.54. The number of hydrogen-bond donors (Lipinski definition) is 2. The van der Waals surface area contributed by atoms with E-state index in [-0.39, 0.29) is 5.56 Å². The van der Waals surface area contributed by atoms with Crippen molar-refractivity contribution in [3.05, 3.63) is 69.4 Å². The molecular weight excluding hydrogens is 398 g/mol. The molecule has 0 aliphatic heterocycles. The fourth-order valence-electron chi connectivity index (χ4n) is 3.31. The van der Waals surface area contributed by atoms with Gasteiger partial charge in [0.2, 0.25) is 0 Å². The molecule has 0 bridgehead atoms. The van der Waals surface area contributed by atoms with Gasteiger partial charge in [-0.2, -0.15) is 0 Å². The predicted molar refractivity (Wildman–Crippen MR) is 124 cm³/mol. The van der Waals surface area contributed by atoms with Crippen LogP contribution in [0.25, 0.3) is 10.9 Å². The molecule has 0 fully saturated rings. The van der Waals surface area contributed by atoms with E-state index in [1.165, 1.54) is 0 Å². The average molecular weight is 428 g/mol. The molecule has 0 atom stereocenters. The van der Waals surface area contributed by atoms with Gasteiger partial charge in [0.25, 0.3) is 5.56 Å². The molecule has 6 nitrogen and oxygen atoms in total. The Balaban J connectivity index is 1.80. The number of aromatic nitrogens is 1. The van der Waals surface area contributed by atoms with Crippen LogP contribution in [0.4, 0.5) is 0 Å². The first-order valence-electron chi connectivity index (χ1n) is 10.2. The van der Waals surface area contributed by atoms with Gasteiger partial charge in [-0.25, -0.2) is 0 Å². The Hall–Kier alpha value is -2.64. The number of nitrogens with zero attached hydrogens (tertiary/aromatic N) is 1. The number of rotatable bonds is 9. The molecule has 160 valence electrons. The second-order valence-electron chi connectivity index (χ2n) is 7.31. The van der Waals surface area contributed by atoms with Crippen molar-refractivity contribution in [3.63, 3.8) is 0 Å². The molecule has 0 radical (unpaired) electrons. The molecule has 3 rings (SSSR count). The molecule has 1 aromatic carbocycles. The Labute approximate surface area is 182 Å². The summed E-state index contributed by atoms with van der Waals surface area (Å²) in [5.74, 6) is 0.789. The first-order valence-corrected chi connectivity index (χ1v) is 10.7. The number of aryl methyl sites for hydroxylation is 2. The number of ether oxygens (including phenoxy) is 1. The molecule has 0 spiro atoms. The van der Waals surface area contributed by atoms with E-state index in [1.54, 1.807) is 6.26 Å². The lowest BCUT2D eigenvalue weighted by atomic mass is 10.0. The molecule has 3 aromatic rings. The van der Waals surface area contributed by atoms with Crippen LogP contribution in [0.2, 0.25) is 0 Å². The quantitative estimate of drug-likeness (QED) is 0.397. The Bertz CT molecular complexity index is 1040. The molecule has 0 aliphatic rings. The van der Waals surface area contributed by atoms with Gasteiger partial charge >= 0.3 is 0 Å². The van der Waals surface area contributed by atoms with E-state index in [0.717, 1.165) is 34.2 Å². The third kappa shape index (κ3) is 5.49. The van der Waals surface area contributed by atoms with Gasteiger partial charge in [-0.3, -0.25) is 4.79 Å². The van der Waals surface area contributed by atoms with Gasteiger partial charge in [-0.15, -0.1) is 0 Å². The van der Waals surface area contributed by atoms with Crippen molar-refractivity contribution in [2.75, 3.05) is 19.8 Å². The van der Waals surface area contributed by atoms with E-state index in [1.807, 2.05) is 49.9 Å². The Morgan fingerprint density at radius 3 is 2.83 bits per heavy atom. The van der Waals surface area contributed by atoms with Gasteiger partial charge in [-0.05, 0) is 74.1 Å². The number of H-pyrrole nitrogens is 1. The lowest BCUT2D eigenvalue weighted by molar-refractivity contribution is 0.145. The topological polar surface area (TPSA) is 70.5 Å². The van der Waals surface area contributed by atoms with Gasteiger partial charge in [-0.1, -0.05) is 12.1 Å². The van der Waals surface area contributed by atoms with Crippen LogP contribution in [-0.4, -0.2) is 34.8 Å². The normalized spacial score (nSPS) is 11.0. The average Bonchev–Trinajstić information content (AvgIpc) is 3.24. The molecule has 0 saturated carbocycles. The number of pyridine rings is 1. The van der Waals surface area contributed by atoms with Gasteiger partial charge in [0.15, 0.2) is 5.11 Å². The molecule has 2 aromatic heterocycles. The third-order valence-corrected chi connectivity index (χ3v) is 5.55. The first kappa shape index (κ1) is 22.1. The van der Waals surface area contributed by atoms with Crippen LogP contribution in [-0.2, 0) is 17.8 Å². The highest BCUT2D eigenvalue weighted by Crippen LogP contribution is 2.20. The molecule has 7 heteroatoms. The number of furan rings is 1. The third-order valence-electron chi connectivity index (χ3n) is 5.15. The smallest absolute Gasteiger partial charge is 0.253 e. The van der Waals surface area contributed by atoms with Crippen LogP contribution in [0.1, 0.15) is 35.8 Å². The van der Waals surface area contributed by atoms with Gasteiger partial charge < -0.3 is 24.4 Å². The maximum absolute atomic E-state index is 12.8. The number of nitrogens with one attached hydrogen (secondary N) is 2. The van der Waals surface area contributed by atoms with E-state index >= 15 is 0 Å². The van der Waals surface area contributed by atoms with Gasteiger partial charge in [0, 0.05) is 25.3 Å². The zero-order valence-corrected chi connectivity index (χ0v) is 18.6. The van der Waals surface area contributed by atoms with Crippen molar-refractivity contribution in [3.8, 4) is 0 Å². The maximum Gasteiger partial charge on any atom is 0.253 e.